The van der Waals surface area contributed by atoms with E-state index in [1.807, 2.05) is 0 Å². The van der Waals surface area contributed by atoms with Gasteiger partial charge in [0.05, 0.1) is 33.0 Å². The number of aliphatic hydroxyl groups excluding tert-OH is 1. The van der Waals surface area contributed by atoms with Crippen LogP contribution in [-0.4, -0.2) is 75.9 Å². The second kappa shape index (κ2) is 18.3. The molecule has 9 nitrogen and oxygen atoms in total. The van der Waals surface area contributed by atoms with Gasteiger partial charge in [-0.05, 0) is 0 Å². The summed E-state index contributed by atoms with van der Waals surface area (Å²) in [7, 11) is 0. The summed E-state index contributed by atoms with van der Waals surface area (Å²) in [6.07, 6.45) is 0. The Morgan fingerprint density at radius 2 is 0.913 bits per heavy atom. The van der Waals surface area contributed by atoms with Crippen molar-refractivity contribution >= 4 is 17.9 Å². The van der Waals surface area contributed by atoms with Gasteiger partial charge in [0.15, 0.2) is 0 Å². The van der Waals surface area contributed by atoms with E-state index in [1.165, 1.54) is 20.8 Å². The Balaban J connectivity index is 0. The van der Waals surface area contributed by atoms with Crippen molar-refractivity contribution in [2.45, 2.75) is 20.8 Å². The summed E-state index contributed by atoms with van der Waals surface area (Å²) in [6, 6.07) is 0. The zero-order valence-electron chi connectivity index (χ0n) is 13.9. The third kappa shape index (κ3) is 29.0. The summed E-state index contributed by atoms with van der Waals surface area (Å²) < 4.78 is 23.5. The molecule has 23 heavy (non-hydrogen) atoms. The minimum atomic E-state index is -0.330. The van der Waals surface area contributed by atoms with Crippen LogP contribution in [0, 0.1) is 0 Å². The molecule has 0 aliphatic rings. The molecule has 0 aromatic carbocycles. The average Bonchev–Trinajstić information content (AvgIpc) is 2.46. The highest BCUT2D eigenvalue weighted by molar-refractivity contribution is 5.66. The van der Waals surface area contributed by atoms with Crippen molar-refractivity contribution in [3.63, 3.8) is 0 Å². The standard InChI is InChI=1S/C8H14O5.C6H12O4/c1-7(9)12-5-3-11-4-6-13-8(2)10;1-6(8)10-5-4-9-3-2-7/h3-6H2,1-2H3;7H,2-5H2,1H3. The van der Waals surface area contributed by atoms with Crippen LogP contribution in [0.2, 0.25) is 0 Å². The highest BCUT2D eigenvalue weighted by Crippen LogP contribution is 1.82. The molecule has 0 radical (unpaired) electrons. The van der Waals surface area contributed by atoms with E-state index in [0.29, 0.717) is 26.4 Å². The van der Waals surface area contributed by atoms with E-state index in [1.54, 1.807) is 0 Å². The van der Waals surface area contributed by atoms with Gasteiger partial charge < -0.3 is 28.8 Å². The second-order valence-corrected chi connectivity index (χ2v) is 3.97. The maximum atomic E-state index is 10.3. The van der Waals surface area contributed by atoms with Crippen molar-refractivity contribution in [1.29, 1.82) is 0 Å². The van der Waals surface area contributed by atoms with Crippen LogP contribution in [0.3, 0.4) is 0 Å². The minimum absolute atomic E-state index is 0.0000709. The lowest BCUT2D eigenvalue weighted by molar-refractivity contribution is -0.144. The summed E-state index contributed by atoms with van der Waals surface area (Å²) in [5.41, 5.74) is 0. The van der Waals surface area contributed by atoms with Crippen molar-refractivity contribution < 1.29 is 43.2 Å². The van der Waals surface area contributed by atoms with Crippen molar-refractivity contribution in [2.24, 2.45) is 0 Å². The van der Waals surface area contributed by atoms with Gasteiger partial charge in [-0.25, -0.2) is 0 Å². The maximum Gasteiger partial charge on any atom is 0.302 e. The normalized spacial score (nSPS) is 9.39. The predicted octanol–water partition coefficient (Wildman–Crippen LogP) is -0.312. The van der Waals surface area contributed by atoms with Crippen LogP contribution in [0.15, 0.2) is 0 Å². The monoisotopic (exact) mass is 338 g/mol. The summed E-state index contributed by atoms with van der Waals surface area (Å²) in [5, 5.41) is 8.24. The number of ether oxygens (including phenoxy) is 5. The van der Waals surface area contributed by atoms with Gasteiger partial charge in [0.1, 0.15) is 19.8 Å². The molecule has 0 saturated carbocycles. The summed E-state index contributed by atoms with van der Waals surface area (Å²) in [6.45, 7) is 6.01. The Morgan fingerprint density at radius 1 is 0.609 bits per heavy atom. The van der Waals surface area contributed by atoms with E-state index in [4.69, 9.17) is 14.6 Å². The van der Waals surface area contributed by atoms with Crippen LogP contribution in [0.1, 0.15) is 20.8 Å². The smallest absolute Gasteiger partial charge is 0.302 e. The summed E-state index contributed by atoms with van der Waals surface area (Å²) in [5.74, 6) is -0.972. The van der Waals surface area contributed by atoms with Crippen LogP contribution in [-0.2, 0) is 38.1 Å². The molecule has 0 bridgehead atoms. The topological polar surface area (TPSA) is 118 Å². The molecule has 0 aliphatic carbocycles. The van der Waals surface area contributed by atoms with Gasteiger partial charge in [0, 0.05) is 20.8 Å². The first-order chi connectivity index (χ1) is 10.9. The van der Waals surface area contributed by atoms with Gasteiger partial charge in [0.25, 0.3) is 0 Å². The zero-order chi connectivity index (χ0) is 17.9. The van der Waals surface area contributed by atoms with Gasteiger partial charge >= 0.3 is 17.9 Å². The molecular weight excluding hydrogens is 312 g/mol. The van der Waals surface area contributed by atoms with Crippen molar-refractivity contribution in [1.82, 2.24) is 0 Å². The summed E-state index contributed by atoms with van der Waals surface area (Å²) in [4.78, 5) is 30.7. The Morgan fingerprint density at radius 3 is 1.17 bits per heavy atom. The molecule has 0 aromatic rings. The van der Waals surface area contributed by atoms with E-state index >= 15 is 0 Å². The predicted molar refractivity (Wildman–Crippen MR) is 78.6 cm³/mol. The molecule has 0 aliphatic heterocycles. The molecular formula is C14H26O9. The molecule has 136 valence electrons. The highest BCUT2D eigenvalue weighted by Gasteiger charge is 1.94. The van der Waals surface area contributed by atoms with Crippen molar-refractivity contribution in [2.75, 3.05) is 52.9 Å². The van der Waals surface area contributed by atoms with E-state index in [-0.39, 0.29) is 44.3 Å². The Labute approximate surface area is 135 Å². The van der Waals surface area contributed by atoms with Crippen LogP contribution in [0.5, 0.6) is 0 Å². The largest absolute Gasteiger partial charge is 0.463 e. The fourth-order valence-electron chi connectivity index (χ4n) is 1.00. The fraction of sp³-hybridized carbons (Fsp3) is 0.786. The minimum Gasteiger partial charge on any atom is -0.463 e. The first-order valence-corrected chi connectivity index (χ1v) is 7.06. The zero-order valence-corrected chi connectivity index (χ0v) is 13.9. The van der Waals surface area contributed by atoms with Gasteiger partial charge in [-0.3, -0.25) is 14.4 Å². The van der Waals surface area contributed by atoms with Crippen LogP contribution < -0.4 is 0 Å². The molecule has 9 heteroatoms. The lowest BCUT2D eigenvalue weighted by Gasteiger charge is -2.04. The number of carbonyl (C=O) groups is 3. The third-order valence-corrected chi connectivity index (χ3v) is 1.83. The molecule has 0 heterocycles. The van der Waals surface area contributed by atoms with Gasteiger partial charge in [-0.1, -0.05) is 0 Å². The number of rotatable bonds is 11. The van der Waals surface area contributed by atoms with Crippen molar-refractivity contribution in [3.05, 3.63) is 0 Å². The molecule has 0 amide bonds. The van der Waals surface area contributed by atoms with Crippen LogP contribution >= 0.6 is 0 Å². The van der Waals surface area contributed by atoms with Crippen LogP contribution in [0.4, 0.5) is 0 Å². The van der Waals surface area contributed by atoms with Gasteiger partial charge in [-0.15, -0.1) is 0 Å². The second-order valence-electron chi connectivity index (χ2n) is 3.97. The number of hydrogen-bond donors (Lipinski definition) is 1. The Kier molecular flexibility index (Phi) is 18.8. The molecule has 0 aromatic heterocycles. The third-order valence-electron chi connectivity index (χ3n) is 1.83. The quantitative estimate of drug-likeness (QED) is 0.307. The van der Waals surface area contributed by atoms with E-state index in [9.17, 15) is 14.4 Å². The lowest BCUT2D eigenvalue weighted by atomic mass is 10.7. The SMILES string of the molecule is CC(=O)OCCOCCO.CC(=O)OCCOCCOC(C)=O. The van der Waals surface area contributed by atoms with Gasteiger partial charge in [-0.2, -0.15) is 0 Å². The Bertz CT molecular complexity index is 299. The molecule has 0 fully saturated rings. The fourth-order valence-corrected chi connectivity index (χ4v) is 1.00. The van der Waals surface area contributed by atoms with E-state index in [2.05, 4.69) is 14.2 Å². The lowest BCUT2D eigenvalue weighted by Crippen LogP contribution is -2.12. The number of esters is 3. The highest BCUT2D eigenvalue weighted by atomic mass is 16.6. The molecule has 0 unspecified atom stereocenters. The number of carbonyl (C=O) groups excluding carboxylic acids is 3. The maximum absolute atomic E-state index is 10.3. The van der Waals surface area contributed by atoms with Crippen LogP contribution in [0.25, 0.3) is 0 Å². The Hall–Kier alpha value is -1.71. The number of aliphatic hydroxyl groups is 1. The first kappa shape index (κ1) is 23.6. The molecule has 0 saturated heterocycles. The van der Waals surface area contributed by atoms with Gasteiger partial charge in [0.2, 0.25) is 0 Å². The van der Waals surface area contributed by atoms with E-state index < -0.39 is 0 Å². The molecule has 0 rings (SSSR count). The number of hydrogen-bond acceptors (Lipinski definition) is 9. The summed E-state index contributed by atoms with van der Waals surface area (Å²) >= 11 is 0. The molecule has 1 N–H and O–H groups in total. The van der Waals surface area contributed by atoms with E-state index in [0.717, 1.165) is 0 Å². The molecule has 0 atom stereocenters. The first-order valence-electron chi connectivity index (χ1n) is 7.06. The molecule has 0 spiro atoms. The van der Waals surface area contributed by atoms with Crippen molar-refractivity contribution in [3.8, 4) is 0 Å². The average molecular weight is 338 g/mol.